The van der Waals surface area contributed by atoms with Gasteiger partial charge in [0.1, 0.15) is 12.4 Å². The number of rotatable bonds is 3. The maximum Gasteiger partial charge on any atom is 0.405 e. The fraction of sp³-hybridized carbons (Fsp3) is 0.417. The first kappa shape index (κ1) is 14.6. The van der Waals surface area contributed by atoms with Crippen LogP contribution in [0.3, 0.4) is 0 Å². The number of carbonyl (C=O) groups is 1. The molecule has 0 spiro atoms. The lowest BCUT2D eigenvalue weighted by Gasteiger charge is -2.25. The second-order valence-corrected chi connectivity index (χ2v) is 4.41. The van der Waals surface area contributed by atoms with Gasteiger partial charge in [0, 0.05) is 17.8 Å². The molecule has 110 valence electrons. The van der Waals surface area contributed by atoms with Gasteiger partial charge in [-0.3, -0.25) is 4.79 Å². The highest BCUT2D eigenvalue weighted by molar-refractivity contribution is 6.02. The number of halogens is 4. The Morgan fingerprint density at radius 2 is 2.05 bits per heavy atom. The van der Waals surface area contributed by atoms with E-state index in [1.54, 1.807) is 0 Å². The number of hydrogen-bond donors (Lipinski definition) is 2. The van der Waals surface area contributed by atoms with Gasteiger partial charge in [-0.1, -0.05) is 0 Å². The quantitative estimate of drug-likeness (QED) is 0.840. The van der Waals surface area contributed by atoms with Gasteiger partial charge in [0.25, 0.3) is 5.91 Å². The lowest BCUT2D eigenvalue weighted by atomic mass is 10.1. The molecule has 0 aliphatic carbocycles. The average Bonchev–Trinajstić information content (AvgIpc) is 2.61. The fourth-order valence-electron chi connectivity index (χ4n) is 2.08. The van der Waals surface area contributed by atoms with Gasteiger partial charge in [-0.15, -0.1) is 0 Å². The van der Waals surface area contributed by atoms with Gasteiger partial charge in [-0.2, -0.15) is 13.2 Å². The van der Waals surface area contributed by atoms with Crippen LogP contribution < -0.4 is 10.2 Å². The van der Waals surface area contributed by atoms with Crippen molar-refractivity contribution in [3.05, 3.63) is 23.5 Å². The van der Waals surface area contributed by atoms with Crippen molar-refractivity contribution in [1.29, 1.82) is 0 Å². The minimum atomic E-state index is -4.47. The van der Waals surface area contributed by atoms with Crippen molar-refractivity contribution < 1.29 is 27.5 Å². The van der Waals surface area contributed by atoms with Crippen LogP contribution in [0.4, 0.5) is 28.9 Å². The van der Waals surface area contributed by atoms with E-state index in [0.717, 1.165) is 17.0 Å². The molecule has 1 unspecified atom stereocenters. The molecule has 2 N–H and O–H groups in total. The van der Waals surface area contributed by atoms with Crippen LogP contribution in [0.2, 0.25) is 0 Å². The minimum Gasteiger partial charge on any atom is -0.378 e. The van der Waals surface area contributed by atoms with Gasteiger partial charge in [-0.05, 0) is 19.1 Å². The topological polar surface area (TPSA) is 52.6 Å². The van der Waals surface area contributed by atoms with E-state index in [4.69, 9.17) is 0 Å². The van der Waals surface area contributed by atoms with Crippen LogP contribution in [0, 0.1) is 5.82 Å². The van der Waals surface area contributed by atoms with Gasteiger partial charge >= 0.3 is 6.18 Å². The zero-order chi connectivity index (χ0) is 15.1. The Bertz CT molecular complexity index is 545. The molecule has 1 aromatic carbocycles. The zero-order valence-corrected chi connectivity index (χ0v) is 10.5. The smallest absolute Gasteiger partial charge is 0.378 e. The van der Waals surface area contributed by atoms with Crippen LogP contribution in [-0.4, -0.2) is 30.3 Å². The van der Waals surface area contributed by atoms with E-state index >= 15 is 0 Å². The monoisotopic (exact) mass is 292 g/mol. The number of aliphatic hydroxyl groups is 1. The van der Waals surface area contributed by atoms with Gasteiger partial charge in [0.2, 0.25) is 0 Å². The Hall–Kier alpha value is -1.83. The number of aliphatic hydroxyl groups excluding tert-OH is 1. The first-order valence-electron chi connectivity index (χ1n) is 5.87. The first-order valence-corrected chi connectivity index (χ1v) is 5.87. The summed E-state index contributed by atoms with van der Waals surface area (Å²) in [5, 5.41) is 11.8. The van der Waals surface area contributed by atoms with Crippen LogP contribution in [0.25, 0.3) is 0 Å². The first-order chi connectivity index (χ1) is 9.23. The molecule has 1 aliphatic heterocycles. The van der Waals surface area contributed by atoms with E-state index in [9.17, 15) is 27.5 Å². The van der Waals surface area contributed by atoms with Crippen molar-refractivity contribution in [3.8, 4) is 0 Å². The van der Waals surface area contributed by atoms with E-state index in [1.165, 1.54) is 6.92 Å². The molecule has 0 saturated carbocycles. The molecule has 1 atom stereocenters. The summed E-state index contributed by atoms with van der Waals surface area (Å²) in [5.74, 6) is -1.64. The van der Waals surface area contributed by atoms with Crippen LogP contribution >= 0.6 is 0 Å². The highest BCUT2D eigenvalue weighted by atomic mass is 19.4. The minimum absolute atomic E-state index is 0.0271. The number of amides is 1. The van der Waals surface area contributed by atoms with Gasteiger partial charge in [0.15, 0.2) is 6.10 Å². The number of carbonyl (C=O) groups excluding carboxylic acids is 1. The molecule has 1 aromatic rings. The van der Waals surface area contributed by atoms with Crippen LogP contribution in [0.5, 0.6) is 0 Å². The van der Waals surface area contributed by atoms with Crippen molar-refractivity contribution in [1.82, 2.24) is 0 Å². The van der Waals surface area contributed by atoms with Crippen molar-refractivity contribution in [2.24, 2.45) is 0 Å². The summed E-state index contributed by atoms with van der Waals surface area (Å²) in [7, 11) is 0. The number of benzene rings is 1. The lowest BCUT2D eigenvalue weighted by Crippen LogP contribution is -2.34. The molecule has 0 aromatic heterocycles. The van der Waals surface area contributed by atoms with Crippen molar-refractivity contribution >= 4 is 17.3 Å². The highest BCUT2D eigenvalue weighted by Gasteiger charge is 2.34. The summed E-state index contributed by atoms with van der Waals surface area (Å²) in [6, 6.07) is 1.99. The van der Waals surface area contributed by atoms with E-state index in [2.05, 4.69) is 5.32 Å². The molecule has 20 heavy (non-hydrogen) atoms. The molecule has 1 amide bonds. The van der Waals surface area contributed by atoms with Crippen molar-refractivity contribution in [2.45, 2.75) is 19.2 Å². The average molecular weight is 292 g/mol. The number of nitrogens with one attached hydrogen (secondary N) is 1. The Morgan fingerprint density at radius 3 is 2.60 bits per heavy atom. The molecular formula is C12H12F4N2O2. The largest absolute Gasteiger partial charge is 0.405 e. The highest BCUT2D eigenvalue weighted by Crippen LogP contribution is 2.36. The Morgan fingerprint density at radius 1 is 1.40 bits per heavy atom. The molecule has 0 bridgehead atoms. The third kappa shape index (κ3) is 2.69. The summed E-state index contributed by atoms with van der Waals surface area (Å²) in [6.07, 6.45) is -5.96. The summed E-state index contributed by atoms with van der Waals surface area (Å²) < 4.78 is 51.2. The predicted octanol–water partition coefficient (Wildman–Crippen LogP) is 2.20. The molecular weight excluding hydrogens is 280 g/mol. The van der Waals surface area contributed by atoms with E-state index in [1.807, 2.05) is 0 Å². The number of alkyl halides is 3. The van der Waals surface area contributed by atoms with Gasteiger partial charge < -0.3 is 15.3 Å². The van der Waals surface area contributed by atoms with Crippen LogP contribution in [-0.2, 0) is 4.79 Å². The van der Waals surface area contributed by atoms with Gasteiger partial charge in [0.05, 0.1) is 5.69 Å². The summed E-state index contributed by atoms with van der Waals surface area (Å²) in [6.45, 7) is 0.118. The van der Waals surface area contributed by atoms with Crippen LogP contribution in [0.1, 0.15) is 18.6 Å². The fourth-order valence-corrected chi connectivity index (χ4v) is 2.08. The third-order valence-corrected chi connectivity index (χ3v) is 3.01. The summed E-state index contributed by atoms with van der Waals surface area (Å²) in [4.78, 5) is 12.1. The van der Waals surface area contributed by atoms with Gasteiger partial charge in [-0.25, -0.2) is 4.39 Å². The summed E-state index contributed by atoms with van der Waals surface area (Å²) in [5.41, 5.74) is -0.114. The number of anilines is 2. The predicted molar refractivity (Wildman–Crippen MR) is 63.9 cm³/mol. The normalized spacial score (nSPS) is 17.9. The SMILES string of the molecule is CCN(CC(F)(F)F)c1cc2c(cc1F)C(O)C(=O)N2. The maximum absolute atomic E-state index is 13.9. The number of hydrogen-bond acceptors (Lipinski definition) is 3. The number of nitrogens with zero attached hydrogens (tertiary/aromatic N) is 1. The molecule has 0 saturated heterocycles. The third-order valence-electron chi connectivity index (χ3n) is 3.01. The maximum atomic E-state index is 13.9. The second kappa shape index (κ2) is 4.93. The zero-order valence-electron chi connectivity index (χ0n) is 10.5. The molecule has 4 nitrogen and oxygen atoms in total. The molecule has 2 rings (SSSR count). The lowest BCUT2D eigenvalue weighted by molar-refractivity contribution is -0.123. The molecule has 1 heterocycles. The Balaban J connectivity index is 2.38. The Labute approximate surface area is 112 Å². The van der Waals surface area contributed by atoms with Crippen LogP contribution in [0.15, 0.2) is 12.1 Å². The standard InChI is InChI=1S/C12H12F4N2O2/c1-2-18(5-12(14,15)16)9-4-8-6(3-7(9)13)10(19)11(20)17-8/h3-4,10,19H,2,5H2,1H3,(H,17,20). The molecule has 1 aliphatic rings. The molecule has 0 fully saturated rings. The van der Waals surface area contributed by atoms with E-state index < -0.39 is 30.5 Å². The van der Waals surface area contributed by atoms with Crippen molar-refractivity contribution in [3.63, 3.8) is 0 Å². The second-order valence-electron chi connectivity index (χ2n) is 4.41. The van der Waals surface area contributed by atoms with Crippen molar-refractivity contribution in [2.75, 3.05) is 23.3 Å². The van der Waals surface area contributed by atoms with E-state index in [0.29, 0.717) is 0 Å². The summed E-state index contributed by atoms with van der Waals surface area (Å²) >= 11 is 0. The van der Waals surface area contributed by atoms with E-state index in [-0.39, 0.29) is 23.5 Å². The number of fused-ring (bicyclic) bond motifs is 1. The molecule has 0 radical (unpaired) electrons. The Kier molecular flexibility index (Phi) is 3.59. The molecule has 8 heteroatoms.